The van der Waals surface area contributed by atoms with E-state index in [2.05, 4.69) is 20.5 Å². The number of para-hydroxylation sites is 1. The molecule has 2 aromatic heterocycles. The predicted molar refractivity (Wildman–Crippen MR) is 76.2 cm³/mol. The van der Waals surface area contributed by atoms with Crippen LogP contribution in [0.1, 0.15) is 10.5 Å². The number of benzene rings is 1. The second-order valence-corrected chi connectivity index (χ2v) is 4.23. The van der Waals surface area contributed by atoms with Gasteiger partial charge in [-0.05, 0) is 30.3 Å². The number of anilines is 1. The van der Waals surface area contributed by atoms with Gasteiger partial charge in [0.25, 0.3) is 5.91 Å². The van der Waals surface area contributed by atoms with Crippen LogP contribution in [-0.2, 0) is 0 Å². The monoisotopic (exact) mass is 264 g/mol. The molecule has 1 amide bonds. The number of aromatic nitrogens is 3. The Balaban J connectivity index is 1.79. The fraction of sp³-hybridized carbons (Fsp3) is 0. The largest absolute Gasteiger partial charge is 0.321 e. The lowest BCUT2D eigenvalue weighted by molar-refractivity contribution is 0.102. The molecule has 3 aromatic rings. The quantitative estimate of drug-likeness (QED) is 0.764. The van der Waals surface area contributed by atoms with E-state index >= 15 is 0 Å². The van der Waals surface area contributed by atoms with Gasteiger partial charge in [-0.2, -0.15) is 5.10 Å². The van der Waals surface area contributed by atoms with Crippen LogP contribution in [0.2, 0.25) is 0 Å². The Kier molecular flexibility index (Phi) is 3.24. The summed E-state index contributed by atoms with van der Waals surface area (Å²) < 4.78 is 0. The number of pyridine rings is 1. The van der Waals surface area contributed by atoms with Crippen molar-refractivity contribution in [2.24, 2.45) is 0 Å². The minimum atomic E-state index is -0.223. The first kappa shape index (κ1) is 12.1. The molecule has 0 unspecified atom stereocenters. The number of carbonyl (C=O) groups excluding carboxylic acids is 1. The molecule has 98 valence electrons. The number of rotatable bonds is 3. The molecule has 0 fully saturated rings. The maximum atomic E-state index is 12.1. The lowest BCUT2D eigenvalue weighted by Crippen LogP contribution is -2.12. The van der Waals surface area contributed by atoms with E-state index in [1.165, 1.54) is 0 Å². The van der Waals surface area contributed by atoms with Crippen molar-refractivity contribution < 1.29 is 4.79 Å². The predicted octanol–water partition coefficient (Wildman–Crippen LogP) is 2.72. The maximum Gasteiger partial charge on any atom is 0.273 e. The fourth-order valence-electron chi connectivity index (χ4n) is 1.82. The summed E-state index contributed by atoms with van der Waals surface area (Å²) >= 11 is 0. The van der Waals surface area contributed by atoms with Crippen LogP contribution in [0.25, 0.3) is 11.3 Å². The second-order valence-electron chi connectivity index (χ2n) is 4.23. The number of nitrogens with one attached hydrogen (secondary N) is 2. The summed E-state index contributed by atoms with van der Waals surface area (Å²) in [4.78, 5) is 16.1. The van der Waals surface area contributed by atoms with Gasteiger partial charge in [0.2, 0.25) is 0 Å². The van der Waals surface area contributed by atoms with Crippen molar-refractivity contribution in [3.63, 3.8) is 0 Å². The highest BCUT2D eigenvalue weighted by Gasteiger charge is 2.11. The van der Waals surface area contributed by atoms with Gasteiger partial charge in [0.15, 0.2) is 0 Å². The van der Waals surface area contributed by atoms with Crippen LogP contribution >= 0.6 is 0 Å². The van der Waals surface area contributed by atoms with Crippen molar-refractivity contribution in [2.45, 2.75) is 0 Å². The van der Waals surface area contributed by atoms with Gasteiger partial charge in [-0.15, -0.1) is 0 Å². The first-order valence-electron chi connectivity index (χ1n) is 6.15. The van der Waals surface area contributed by atoms with E-state index in [1.807, 2.05) is 42.5 Å². The minimum absolute atomic E-state index is 0.223. The molecule has 0 spiro atoms. The Bertz CT molecular complexity index is 707. The van der Waals surface area contributed by atoms with E-state index in [0.717, 1.165) is 11.3 Å². The summed E-state index contributed by atoms with van der Waals surface area (Å²) in [5.74, 6) is -0.223. The zero-order chi connectivity index (χ0) is 13.8. The summed E-state index contributed by atoms with van der Waals surface area (Å²) in [6, 6.07) is 14.7. The zero-order valence-electron chi connectivity index (χ0n) is 10.6. The van der Waals surface area contributed by atoms with Crippen LogP contribution in [0.4, 0.5) is 5.69 Å². The number of amides is 1. The number of H-pyrrole nitrogens is 1. The molecule has 5 heteroatoms. The molecular weight excluding hydrogens is 252 g/mol. The molecule has 0 saturated carbocycles. The van der Waals surface area contributed by atoms with Gasteiger partial charge < -0.3 is 5.32 Å². The Morgan fingerprint density at radius 1 is 1.10 bits per heavy atom. The van der Waals surface area contributed by atoms with E-state index in [0.29, 0.717) is 11.4 Å². The topological polar surface area (TPSA) is 70.7 Å². The first-order chi connectivity index (χ1) is 9.83. The minimum Gasteiger partial charge on any atom is -0.321 e. The van der Waals surface area contributed by atoms with Gasteiger partial charge >= 0.3 is 0 Å². The number of hydrogen-bond donors (Lipinski definition) is 2. The standard InChI is InChI=1S/C15H12N4O/c20-15(17-12-6-2-1-3-7-12)14-9-13(18-19-14)11-5-4-8-16-10-11/h1-10H,(H,17,20)(H,18,19). The molecule has 0 aliphatic rings. The van der Waals surface area contributed by atoms with Gasteiger partial charge in [0, 0.05) is 23.6 Å². The molecule has 2 heterocycles. The van der Waals surface area contributed by atoms with Crippen molar-refractivity contribution in [2.75, 3.05) is 5.32 Å². The summed E-state index contributed by atoms with van der Waals surface area (Å²) in [5.41, 5.74) is 2.71. The SMILES string of the molecule is O=C(Nc1ccccc1)c1cc(-c2cccnc2)n[nH]1. The molecule has 0 atom stereocenters. The molecule has 0 aliphatic heterocycles. The van der Waals surface area contributed by atoms with E-state index in [4.69, 9.17) is 0 Å². The fourth-order valence-corrected chi connectivity index (χ4v) is 1.82. The summed E-state index contributed by atoms with van der Waals surface area (Å²) in [6.07, 6.45) is 3.40. The molecular formula is C15H12N4O. The Hall–Kier alpha value is -2.95. The Morgan fingerprint density at radius 2 is 1.95 bits per heavy atom. The average molecular weight is 264 g/mol. The average Bonchev–Trinajstić information content (AvgIpc) is 2.99. The lowest BCUT2D eigenvalue weighted by atomic mass is 10.2. The summed E-state index contributed by atoms with van der Waals surface area (Å²) in [6.45, 7) is 0. The van der Waals surface area contributed by atoms with Crippen molar-refractivity contribution >= 4 is 11.6 Å². The number of hydrogen-bond acceptors (Lipinski definition) is 3. The van der Waals surface area contributed by atoms with Gasteiger partial charge in [-0.3, -0.25) is 14.9 Å². The molecule has 0 aliphatic carbocycles. The van der Waals surface area contributed by atoms with Crippen molar-refractivity contribution in [1.29, 1.82) is 0 Å². The van der Waals surface area contributed by atoms with Crippen LogP contribution in [0.5, 0.6) is 0 Å². The number of aromatic amines is 1. The highest BCUT2D eigenvalue weighted by molar-refractivity contribution is 6.03. The molecule has 5 nitrogen and oxygen atoms in total. The maximum absolute atomic E-state index is 12.1. The lowest BCUT2D eigenvalue weighted by Gasteiger charge is -2.01. The molecule has 0 saturated heterocycles. The van der Waals surface area contributed by atoms with Crippen LogP contribution < -0.4 is 5.32 Å². The number of nitrogens with zero attached hydrogens (tertiary/aromatic N) is 2. The third kappa shape index (κ3) is 2.56. The van der Waals surface area contributed by atoms with Crippen LogP contribution in [0.3, 0.4) is 0 Å². The van der Waals surface area contributed by atoms with E-state index in [1.54, 1.807) is 18.5 Å². The van der Waals surface area contributed by atoms with Crippen molar-refractivity contribution in [1.82, 2.24) is 15.2 Å². The molecule has 1 aromatic carbocycles. The second kappa shape index (κ2) is 5.36. The van der Waals surface area contributed by atoms with Gasteiger partial charge in [-0.25, -0.2) is 0 Å². The van der Waals surface area contributed by atoms with Gasteiger partial charge in [0.05, 0.1) is 5.69 Å². The van der Waals surface area contributed by atoms with Crippen LogP contribution in [0.15, 0.2) is 60.9 Å². The van der Waals surface area contributed by atoms with E-state index < -0.39 is 0 Å². The van der Waals surface area contributed by atoms with Crippen molar-refractivity contribution in [3.05, 3.63) is 66.6 Å². The molecule has 0 bridgehead atoms. The summed E-state index contributed by atoms with van der Waals surface area (Å²) in [7, 11) is 0. The van der Waals surface area contributed by atoms with Crippen LogP contribution in [0, 0.1) is 0 Å². The zero-order valence-corrected chi connectivity index (χ0v) is 10.6. The van der Waals surface area contributed by atoms with E-state index in [9.17, 15) is 4.79 Å². The van der Waals surface area contributed by atoms with Gasteiger partial charge in [-0.1, -0.05) is 18.2 Å². The Labute approximate surface area is 115 Å². The normalized spacial score (nSPS) is 10.2. The third-order valence-corrected chi connectivity index (χ3v) is 2.81. The van der Waals surface area contributed by atoms with Crippen molar-refractivity contribution in [3.8, 4) is 11.3 Å². The molecule has 3 rings (SSSR count). The number of carbonyl (C=O) groups is 1. The first-order valence-corrected chi connectivity index (χ1v) is 6.15. The highest BCUT2D eigenvalue weighted by Crippen LogP contribution is 2.16. The molecule has 2 N–H and O–H groups in total. The summed E-state index contributed by atoms with van der Waals surface area (Å²) in [5, 5.41) is 9.65. The molecule has 20 heavy (non-hydrogen) atoms. The third-order valence-electron chi connectivity index (χ3n) is 2.81. The smallest absolute Gasteiger partial charge is 0.273 e. The van der Waals surface area contributed by atoms with Crippen LogP contribution in [-0.4, -0.2) is 21.1 Å². The van der Waals surface area contributed by atoms with E-state index in [-0.39, 0.29) is 5.91 Å². The molecule has 0 radical (unpaired) electrons. The Morgan fingerprint density at radius 3 is 2.70 bits per heavy atom. The van der Waals surface area contributed by atoms with Gasteiger partial charge in [0.1, 0.15) is 5.69 Å². The highest BCUT2D eigenvalue weighted by atomic mass is 16.1.